The van der Waals surface area contributed by atoms with Gasteiger partial charge in [0.2, 0.25) is 17.7 Å². The van der Waals surface area contributed by atoms with E-state index in [0.717, 1.165) is 25.7 Å². The first-order chi connectivity index (χ1) is 10.4. The van der Waals surface area contributed by atoms with E-state index in [0.29, 0.717) is 11.6 Å². The van der Waals surface area contributed by atoms with Gasteiger partial charge in [0.05, 0.1) is 29.8 Å². The van der Waals surface area contributed by atoms with E-state index in [-0.39, 0.29) is 11.8 Å². The fourth-order valence-electron chi connectivity index (χ4n) is 3.32. The van der Waals surface area contributed by atoms with Crippen LogP contribution < -0.4 is 10.1 Å². The van der Waals surface area contributed by atoms with Crippen LogP contribution in [0.4, 0.5) is 5.69 Å². The van der Waals surface area contributed by atoms with E-state index >= 15 is 0 Å². The van der Waals surface area contributed by atoms with E-state index in [4.69, 9.17) is 4.74 Å². The minimum atomic E-state index is -0.533. The van der Waals surface area contributed by atoms with Gasteiger partial charge < -0.3 is 15.0 Å². The molecule has 0 bridgehead atoms. The molecule has 0 spiro atoms. The second-order valence-electron chi connectivity index (χ2n) is 6.41. The second-order valence-corrected chi connectivity index (χ2v) is 6.41. The lowest BCUT2D eigenvalue weighted by atomic mass is 9.83. The first kappa shape index (κ1) is 14.8. The van der Waals surface area contributed by atoms with E-state index < -0.39 is 10.8 Å². The average molecular weight is 303 g/mol. The molecule has 2 fully saturated rings. The predicted octanol–water partition coefficient (Wildman–Crippen LogP) is 1.68. The molecule has 1 aromatic rings. The van der Waals surface area contributed by atoms with E-state index in [1.165, 1.54) is 0 Å². The summed E-state index contributed by atoms with van der Waals surface area (Å²) in [6.07, 6.45) is 4.74. The van der Waals surface area contributed by atoms with Crippen LogP contribution in [0, 0.1) is 10.8 Å². The standard InChI is InChI=1S/C16H21N3O3/c1-19(2)14(21)16(8-9-16)15(6-7-15)13(20)18-11-4-5-12(22-3)17-10-11/h4-5,10H,6-9H2,1-3H3,(H,18,20). The zero-order chi connectivity index (χ0) is 16.0. The first-order valence-electron chi connectivity index (χ1n) is 7.48. The number of rotatable bonds is 5. The molecular weight excluding hydrogens is 282 g/mol. The number of pyridine rings is 1. The van der Waals surface area contributed by atoms with Crippen molar-refractivity contribution in [1.29, 1.82) is 0 Å². The highest BCUT2D eigenvalue weighted by Gasteiger charge is 2.73. The topological polar surface area (TPSA) is 71.5 Å². The minimum Gasteiger partial charge on any atom is -0.481 e. The molecule has 1 heterocycles. The second kappa shape index (κ2) is 4.97. The fraction of sp³-hybridized carbons (Fsp3) is 0.562. The van der Waals surface area contributed by atoms with Gasteiger partial charge in [-0.25, -0.2) is 4.98 Å². The first-order valence-corrected chi connectivity index (χ1v) is 7.48. The molecule has 6 nitrogen and oxygen atoms in total. The summed E-state index contributed by atoms with van der Waals surface area (Å²) >= 11 is 0. The molecule has 2 amide bonds. The van der Waals surface area contributed by atoms with Gasteiger partial charge in [-0.05, 0) is 31.7 Å². The number of nitrogens with one attached hydrogen (secondary N) is 1. The van der Waals surface area contributed by atoms with Crippen molar-refractivity contribution in [1.82, 2.24) is 9.88 Å². The van der Waals surface area contributed by atoms with Gasteiger partial charge >= 0.3 is 0 Å². The third-order valence-electron chi connectivity index (χ3n) is 4.87. The number of anilines is 1. The van der Waals surface area contributed by atoms with E-state index in [1.807, 2.05) is 0 Å². The molecular formula is C16H21N3O3. The zero-order valence-electron chi connectivity index (χ0n) is 13.2. The summed E-state index contributed by atoms with van der Waals surface area (Å²) in [5, 5.41) is 2.91. The number of methoxy groups -OCH3 is 1. The quantitative estimate of drug-likeness (QED) is 0.898. The number of ether oxygens (including phenoxy) is 1. The number of carbonyl (C=O) groups is 2. The number of carbonyl (C=O) groups excluding carboxylic acids is 2. The maximum absolute atomic E-state index is 12.7. The van der Waals surface area contributed by atoms with Gasteiger partial charge in [0.15, 0.2) is 0 Å². The molecule has 1 N–H and O–H groups in total. The molecule has 1 aromatic heterocycles. The molecule has 0 radical (unpaired) electrons. The van der Waals surface area contributed by atoms with Crippen molar-refractivity contribution >= 4 is 17.5 Å². The van der Waals surface area contributed by atoms with Crippen molar-refractivity contribution < 1.29 is 14.3 Å². The van der Waals surface area contributed by atoms with Crippen LogP contribution in [-0.2, 0) is 9.59 Å². The number of amides is 2. The highest BCUT2D eigenvalue weighted by atomic mass is 16.5. The molecule has 0 aliphatic heterocycles. The highest BCUT2D eigenvalue weighted by molar-refractivity contribution is 6.03. The van der Waals surface area contributed by atoms with Crippen molar-refractivity contribution in [2.45, 2.75) is 25.7 Å². The van der Waals surface area contributed by atoms with Gasteiger partial charge in [0.25, 0.3) is 0 Å². The van der Waals surface area contributed by atoms with Crippen LogP contribution in [0.1, 0.15) is 25.7 Å². The lowest BCUT2D eigenvalue weighted by molar-refractivity contribution is -0.141. The Bertz CT molecular complexity index is 602. The van der Waals surface area contributed by atoms with Crippen LogP contribution >= 0.6 is 0 Å². The van der Waals surface area contributed by atoms with Crippen molar-refractivity contribution in [2.75, 3.05) is 26.5 Å². The van der Waals surface area contributed by atoms with Crippen molar-refractivity contribution in [2.24, 2.45) is 10.8 Å². The Balaban J connectivity index is 1.75. The number of aromatic nitrogens is 1. The Kier molecular flexibility index (Phi) is 3.34. The summed E-state index contributed by atoms with van der Waals surface area (Å²) in [6, 6.07) is 3.46. The van der Waals surface area contributed by atoms with E-state index in [2.05, 4.69) is 10.3 Å². The van der Waals surface area contributed by atoms with E-state index in [9.17, 15) is 9.59 Å². The zero-order valence-corrected chi connectivity index (χ0v) is 13.2. The smallest absolute Gasteiger partial charge is 0.231 e. The lowest BCUT2D eigenvalue weighted by Crippen LogP contribution is -2.42. The molecule has 22 heavy (non-hydrogen) atoms. The normalized spacial score (nSPS) is 20.0. The third kappa shape index (κ3) is 2.14. The van der Waals surface area contributed by atoms with Gasteiger partial charge in [-0.1, -0.05) is 0 Å². The van der Waals surface area contributed by atoms with Crippen LogP contribution in [0.3, 0.4) is 0 Å². The summed E-state index contributed by atoms with van der Waals surface area (Å²) in [6.45, 7) is 0. The SMILES string of the molecule is COc1ccc(NC(=O)C2(C3(C(=O)N(C)C)CC3)CC2)cn1. The van der Waals surface area contributed by atoms with Crippen LogP contribution in [0.2, 0.25) is 0 Å². The lowest BCUT2D eigenvalue weighted by Gasteiger charge is -2.27. The summed E-state index contributed by atoms with van der Waals surface area (Å²) in [5.41, 5.74) is -0.389. The Morgan fingerprint density at radius 3 is 2.23 bits per heavy atom. The summed E-state index contributed by atoms with van der Waals surface area (Å²) in [7, 11) is 5.05. The van der Waals surface area contributed by atoms with Crippen LogP contribution in [0.25, 0.3) is 0 Å². The maximum Gasteiger partial charge on any atom is 0.231 e. The Labute approximate surface area is 129 Å². The van der Waals surface area contributed by atoms with Crippen molar-refractivity contribution in [3.8, 4) is 5.88 Å². The minimum absolute atomic E-state index is 0.0628. The maximum atomic E-state index is 12.7. The molecule has 118 valence electrons. The molecule has 0 unspecified atom stereocenters. The molecule has 2 aliphatic rings. The number of nitrogens with zero attached hydrogens (tertiary/aromatic N) is 2. The van der Waals surface area contributed by atoms with Crippen molar-refractivity contribution in [3.05, 3.63) is 18.3 Å². The largest absolute Gasteiger partial charge is 0.481 e. The molecule has 0 saturated heterocycles. The number of hydrogen-bond acceptors (Lipinski definition) is 4. The third-order valence-corrected chi connectivity index (χ3v) is 4.87. The van der Waals surface area contributed by atoms with Crippen LogP contribution in [-0.4, -0.2) is 42.9 Å². The predicted molar refractivity (Wildman–Crippen MR) is 81.4 cm³/mol. The molecule has 0 aromatic carbocycles. The van der Waals surface area contributed by atoms with Crippen LogP contribution in [0.5, 0.6) is 5.88 Å². The van der Waals surface area contributed by atoms with Gasteiger partial charge in [-0.15, -0.1) is 0 Å². The molecule has 0 atom stereocenters. The van der Waals surface area contributed by atoms with Gasteiger partial charge in [-0.3, -0.25) is 9.59 Å². The Morgan fingerprint density at radius 2 is 1.82 bits per heavy atom. The molecule has 2 saturated carbocycles. The molecule has 6 heteroatoms. The van der Waals surface area contributed by atoms with Crippen molar-refractivity contribution in [3.63, 3.8) is 0 Å². The van der Waals surface area contributed by atoms with Gasteiger partial charge in [0.1, 0.15) is 0 Å². The Morgan fingerprint density at radius 1 is 1.18 bits per heavy atom. The summed E-state index contributed by atoms with van der Waals surface area (Å²) < 4.78 is 5.00. The summed E-state index contributed by atoms with van der Waals surface area (Å²) in [5.74, 6) is 0.515. The van der Waals surface area contributed by atoms with Gasteiger partial charge in [-0.2, -0.15) is 0 Å². The fourth-order valence-corrected chi connectivity index (χ4v) is 3.32. The monoisotopic (exact) mass is 303 g/mol. The summed E-state index contributed by atoms with van der Waals surface area (Å²) in [4.78, 5) is 30.9. The van der Waals surface area contributed by atoms with Gasteiger partial charge in [0, 0.05) is 20.2 Å². The van der Waals surface area contributed by atoms with Crippen LogP contribution in [0.15, 0.2) is 18.3 Å². The average Bonchev–Trinajstić information content (AvgIpc) is 3.39. The van der Waals surface area contributed by atoms with E-state index in [1.54, 1.807) is 44.4 Å². The number of hydrogen-bond donors (Lipinski definition) is 1. The molecule has 2 aliphatic carbocycles. The Hall–Kier alpha value is -2.11. The highest BCUT2D eigenvalue weighted by Crippen LogP contribution is 2.71. The molecule has 3 rings (SSSR count).